The number of H-pyrrole nitrogens is 1. The Kier molecular flexibility index (Phi) is 3.76. The third kappa shape index (κ3) is 3.21. The van der Waals surface area contributed by atoms with Crippen molar-refractivity contribution in [3.05, 3.63) is 55.1 Å². The van der Waals surface area contributed by atoms with Gasteiger partial charge in [0.15, 0.2) is 0 Å². The largest absolute Gasteiger partial charge is 0.487 e. The summed E-state index contributed by atoms with van der Waals surface area (Å²) in [6, 6.07) is 7.16. The smallest absolute Gasteiger partial charge is 0.247 e. The second kappa shape index (κ2) is 5.67. The van der Waals surface area contributed by atoms with Gasteiger partial charge in [0.05, 0.1) is 18.2 Å². The SMILES string of the molecule is C=CC(=O)Nc1cccc(OCc2cnc[nH]2)c1. The maximum Gasteiger partial charge on any atom is 0.247 e. The molecule has 2 rings (SSSR count). The molecule has 0 saturated heterocycles. The van der Waals surface area contributed by atoms with Crippen molar-refractivity contribution in [2.24, 2.45) is 0 Å². The predicted molar refractivity (Wildman–Crippen MR) is 68.2 cm³/mol. The monoisotopic (exact) mass is 243 g/mol. The summed E-state index contributed by atoms with van der Waals surface area (Å²) in [6.45, 7) is 3.80. The van der Waals surface area contributed by atoms with Crippen LogP contribution in [0.4, 0.5) is 5.69 Å². The van der Waals surface area contributed by atoms with Crippen LogP contribution in [-0.4, -0.2) is 15.9 Å². The van der Waals surface area contributed by atoms with Gasteiger partial charge in [0, 0.05) is 11.8 Å². The van der Waals surface area contributed by atoms with E-state index in [0.29, 0.717) is 18.0 Å². The van der Waals surface area contributed by atoms with E-state index >= 15 is 0 Å². The summed E-state index contributed by atoms with van der Waals surface area (Å²) in [5.41, 5.74) is 1.55. The summed E-state index contributed by atoms with van der Waals surface area (Å²) in [7, 11) is 0. The van der Waals surface area contributed by atoms with Crippen LogP contribution >= 0.6 is 0 Å². The van der Waals surface area contributed by atoms with E-state index in [9.17, 15) is 4.79 Å². The first-order valence-corrected chi connectivity index (χ1v) is 5.41. The third-order valence-electron chi connectivity index (χ3n) is 2.24. The summed E-state index contributed by atoms with van der Waals surface area (Å²) in [6.07, 6.45) is 4.51. The molecule has 18 heavy (non-hydrogen) atoms. The minimum absolute atomic E-state index is 0.249. The van der Waals surface area contributed by atoms with Crippen molar-refractivity contribution in [3.63, 3.8) is 0 Å². The number of nitrogens with zero attached hydrogens (tertiary/aromatic N) is 1. The number of benzene rings is 1. The van der Waals surface area contributed by atoms with Gasteiger partial charge in [-0.15, -0.1) is 0 Å². The molecule has 0 fully saturated rings. The van der Waals surface area contributed by atoms with Gasteiger partial charge in [0.25, 0.3) is 0 Å². The predicted octanol–water partition coefficient (Wildman–Crippen LogP) is 2.11. The summed E-state index contributed by atoms with van der Waals surface area (Å²) < 4.78 is 5.56. The third-order valence-corrected chi connectivity index (χ3v) is 2.24. The highest BCUT2D eigenvalue weighted by Crippen LogP contribution is 2.18. The van der Waals surface area contributed by atoms with Crippen LogP contribution in [0.25, 0.3) is 0 Å². The molecule has 0 aliphatic heterocycles. The van der Waals surface area contributed by atoms with E-state index in [1.807, 2.05) is 6.07 Å². The van der Waals surface area contributed by atoms with Crippen molar-refractivity contribution < 1.29 is 9.53 Å². The molecule has 0 spiro atoms. The van der Waals surface area contributed by atoms with Gasteiger partial charge in [-0.2, -0.15) is 0 Å². The fraction of sp³-hybridized carbons (Fsp3) is 0.0769. The Bertz CT molecular complexity index is 535. The van der Waals surface area contributed by atoms with Gasteiger partial charge in [-0.25, -0.2) is 4.98 Å². The molecule has 2 N–H and O–H groups in total. The highest BCUT2D eigenvalue weighted by molar-refractivity contribution is 5.98. The van der Waals surface area contributed by atoms with Crippen molar-refractivity contribution in [1.29, 1.82) is 0 Å². The molecule has 0 aliphatic rings. The number of carbonyl (C=O) groups excluding carboxylic acids is 1. The van der Waals surface area contributed by atoms with E-state index < -0.39 is 0 Å². The van der Waals surface area contributed by atoms with E-state index in [1.54, 1.807) is 30.7 Å². The highest BCUT2D eigenvalue weighted by atomic mass is 16.5. The van der Waals surface area contributed by atoms with E-state index in [-0.39, 0.29) is 5.91 Å². The second-order valence-corrected chi connectivity index (χ2v) is 3.59. The van der Waals surface area contributed by atoms with Gasteiger partial charge < -0.3 is 15.0 Å². The number of rotatable bonds is 5. The van der Waals surface area contributed by atoms with E-state index in [1.165, 1.54) is 6.08 Å². The van der Waals surface area contributed by atoms with Crippen LogP contribution < -0.4 is 10.1 Å². The van der Waals surface area contributed by atoms with E-state index in [0.717, 1.165) is 5.69 Å². The van der Waals surface area contributed by atoms with Crippen LogP contribution in [0.3, 0.4) is 0 Å². The molecule has 1 amide bonds. The molecule has 1 aromatic carbocycles. The Hall–Kier alpha value is -2.56. The van der Waals surface area contributed by atoms with Crippen LogP contribution in [0, 0.1) is 0 Å². The molecule has 0 atom stereocenters. The number of amides is 1. The lowest BCUT2D eigenvalue weighted by Crippen LogP contribution is -2.07. The maximum atomic E-state index is 11.2. The lowest BCUT2D eigenvalue weighted by molar-refractivity contribution is -0.111. The zero-order valence-electron chi connectivity index (χ0n) is 9.72. The van der Waals surface area contributed by atoms with Gasteiger partial charge in [0.2, 0.25) is 5.91 Å². The Morgan fingerprint density at radius 2 is 2.44 bits per heavy atom. The Morgan fingerprint density at radius 1 is 1.56 bits per heavy atom. The minimum Gasteiger partial charge on any atom is -0.487 e. The highest BCUT2D eigenvalue weighted by Gasteiger charge is 2.00. The van der Waals surface area contributed by atoms with E-state index in [2.05, 4.69) is 21.9 Å². The summed E-state index contributed by atoms with van der Waals surface area (Å²) in [4.78, 5) is 18.0. The van der Waals surface area contributed by atoms with Gasteiger partial charge in [-0.05, 0) is 18.2 Å². The first-order valence-electron chi connectivity index (χ1n) is 5.41. The van der Waals surface area contributed by atoms with Crippen molar-refractivity contribution in [1.82, 2.24) is 9.97 Å². The topological polar surface area (TPSA) is 67.0 Å². The molecule has 0 aliphatic carbocycles. The fourth-order valence-electron chi connectivity index (χ4n) is 1.38. The standard InChI is InChI=1S/C13H13N3O2/c1-2-13(17)16-10-4-3-5-12(6-10)18-8-11-7-14-9-15-11/h2-7,9H,1,8H2,(H,14,15)(H,16,17). The Morgan fingerprint density at radius 3 is 3.17 bits per heavy atom. The molecule has 2 aromatic rings. The summed E-state index contributed by atoms with van der Waals surface area (Å²) in [5.74, 6) is 0.423. The number of hydrogen-bond acceptors (Lipinski definition) is 3. The molecule has 0 unspecified atom stereocenters. The van der Waals surface area contributed by atoms with Gasteiger partial charge >= 0.3 is 0 Å². The zero-order chi connectivity index (χ0) is 12.8. The number of hydrogen-bond donors (Lipinski definition) is 2. The number of carbonyl (C=O) groups is 1. The van der Waals surface area contributed by atoms with Crippen LogP contribution in [0.5, 0.6) is 5.75 Å². The molecular formula is C13H13N3O2. The lowest BCUT2D eigenvalue weighted by Gasteiger charge is -2.07. The average Bonchev–Trinajstić information content (AvgIpc) is 2.90. The molecule has 1 heterocycles. The normalized spacial score (nSPS) is 9.78. The number of aromatic nitrogens is 2. The van der Waals surface area contributed by atoms with Crippen molar-refractivity contribution in [2.45, 2.75) is 6.61 Å². The average molecular weight is 243 g/mol. The maximum absolute atomic E-state index is 11.2. The molecule has 1 aromatic heterocycles. The van der Waals surface area contributed by atoms with Crippen molar-refractivity contribution >= 4 is 11.6 Å². The van der Waals surface area contributed by atoms with E-state index in [4.69, 9.17) is 4.74 Å². The molecule has 0 radical (unpaired) electrons. The van der Waals surface area contributed by atoms with Crippen LogP contribution in [0.15, 0.2) is 49.4 Å². The molecule has 0 bridgehead atoms. The van der Waals surface area contributed by atoms with Crippen LogP contribution in [0.1, 0.15) is 5.69 Å². The van der Waals surface area contributed by atoms with Gasteiger partial charge in [-0.1, -0.05) is 12.6 Å². The Balaban J connectivity index is 1.98. The number of ether oxygens (including phenoxy) is 1. The Labute approximate surface area is 105 Å². The minimum atomic E-state index is -0.249. The summed E-state index contributed by atoms with van der Waals surface area (Å²) >= 11 is 0. The first-order chi connectivity index (χ1) is 8.78. The zero-order valence-corrected chi connectivity index (χ0v) is 9.72. The molecule has 5 nitrogen and oxygen atoms in total. The van der Waals surface area contributed by atoms with Gasteiger partial charge in [0.1, 0.15) is 12.4 Å². The molecular weight excluding hydrogens is 230 g/mol. The van der Waals surface area contributed by atoms with Crippen LogP contribution in [-0.2, 0) is 11.4 Å². The van der Waals surface area contributed by atoms with Gasteiger partial charge in [-0.3, -0.25) is 4.79 Å². The number of imidazole rings is 1. The number of anilines is 1. The molecule has 92 valence electrons. The number of aromatic amines is 1. The molecule has 0 saturated carbocycles. The number of nitrogens with one attached hydrogen (secondary N) is 2. The first kappa shape index (κ1) is 11.9. The fourth-order valence-corrected chi connectivity index (χ4v) is 1.38. The summed E-state index contributed by atoms with van der Waals surface area (Å²) in [5, 5.41) is 2.67. The van der Waals surface area contributed by atoms with Crippen molar-refractivity contribution in [3.8, 4) is 5.75 Å². The van der Waals surface area contributed by atoms with Crippen molar-refractivity contribution in [2.75, 3.05) is 5.32 Å². The quantitative estimate of drug-likeness (QED) is 0.790. The molecule has 5 heteroatoms. The van der Waals surface area contributed by atoms with Crippen LogP contribution in [0.2, 0.25) is 0 Å². The lowest BCUT2D eigenvalue weighted by atomic mass is 10.3. The second-order valence-electron chi connectivity index (χ2n) is 3.59.